The number of hydrogen-bond donors (Lipinski definition) is 4. The SMILES string of the molecule is C[C@@H](Nc1nc(N2CC[C@@H](NC(=O)[C@H]3CCCN3)[C@H](O)C2)ncc1Cl)c1ccc(Cl)cc1Cl. The van der Waals surface area contributed by atoms with Crippen LogP contribution in [0.15, 0.2) is 24.4 Å². The van der Waals surface area contributed by atoms with Gasteiger partial charge >= 0.3 is 0 Å². The van der Waals surface area contributed by atoms with Crippen molar-refractivity contribution in [3.05, 3.63) is 45.0 Å². The third-order valence-corrected chi connectivity index (χ3v) is 6.92. The first-order chi connectivity index (χ1) is 15.8. The maximum Gasteiger partial charge on any atom is 0.237 e. The highest BCUT2D eigenvalue weighted by atomic mass is 35.5. The lowest BCUT2D eigenvalue weighted by atomic mass is 10.0. The van der Waals surface area contributed by atoms with E-state index in [9.17, 15) is 9.90 Å². The number of nitrogens with zero attached hydrogens (tertiary/aromatic N) is 3. The Morgan fingerprint density at radius 2 is 2.09 bits per heavy atom. The molecule has 4 atom stereocenters. The van der Waals surface area contributed by atoms with Gasteiger partial charge in [0.15, 0.2) is 5.82 Å². The number of aliphatic hydroxyl groups is 1. The molecule has 3 heterocycles. The van der Waals surface area contributed by atoms with Crippen LogP contribution < -0.4 is 20.9 Å². The second-order valence-corrected chi connectivity index (χ2v) is 9.72. The Morgan fingerprint density at radius 3 is 2.79 bits per heavy atom. The zero-order chi connectivity index (χ0) is 23.5. The highest BCUT2D eigenvalue weighted by Crippen LogP contribution is 2.31. The normalized spacial score (nSPS) is 23.9. The van der Waals surface area contributed by atoms with Crippen molar-refractivity contribution in [1.82, 2.24) is 20.6 Å². The molecule has 0 unspecified atom stereocenters. The number of halogens is 3. The van der Waals surface area contributed by atoms with Crippen LogP contribution in [0.5, 0.6) is 0 Å². The summed E-state index contributed by atoms with van der Waals surface area (Å²) in [6.07, 6.45) is 3.22. The standard InChI is InChI=1S/C22H27Cl3N6O2/c1-12(14-5-4-13(23)9-15(14)24)28-20-16(25)10-27-22(30-20)31-8-6-17(19(32)11-31)29-21(33)18-3-2-7-26-18/h4-5,9-10,12,17-19,26,32H,2-3,6-8,11H2,1H3,(H,29,33)(H,27,28,30)/t12-,17-,18-,19-/m1/s1. The number of aliphatic hydroxyl groups excluding tert-OH is 1. The Bertz CT molecular complexity index is 1000. The number of aromatic nitrogens is 2. The molecule has 2 fully saturated rings. The van der Waals surface area contributed by atoms with Gasteiger partial charge in [-0.25, -0.2) is 4.98 Å². The number of amides is 1. The van der Waals surface area contributed by atoms with Crippen LogP contribution in [0.2, 0.25) is 15.1 Å². The lowest BCUT2D eigenvalue weighted by Crippen LogP contribution is -2.56. The van der Waals surface area contributed by atoms with E-state index in [4.69, 9.17) is 34.8 Å². The van der Waals surface area contributed by atoms with E-state index in [0.717, 1.165) is 24.9 Å². The van der Waals surface area contributed by atoms with Crippen LogP contribution in [-0.4, -0.2) is 58.8 Å². The first-order valence-corrected chi connectivity index (χ1v) is 12.2. The molecule has 178 valence electrons. The van der Waals surface area contributed by atoms with Crippen molar-refractivity contribution < 1.29 is 9.90 Å². The number of nitrogens with one attached hydrogen (secondary N) is 3. The molecule has 1 aromatic heterocycles. The second-order valence-electron chi connectivity index (χ2n) is 8.46. The van der Waals surface area contributed by atoms with Crippen molar-refractivity contribution in [1.29, 1.82) is 0 Å². The first kappa shape index (κ1) is 24.3. The summed E-state index contributed by atoms with van der Waals surface area (Å²) in [5, 5.41) is 21.6. The minimum Gasteiger partial charge on any atom is -0.389 e. The van der Waals surface area contributed by atoms with Gasteiger partial charge < -0.3 is 26.0 Å². The Labute approximate surface area is 208 Å². The first-order valence-electron chi connectivity index (χ1n) is 11.0. The number of carbonyl (C=O) groups is 1. The maximum atomic E-state index is 12.4. The summed E-state index contributed by atoms with van der Waals surface area (Å²) >= 11 is 18.7. The smallest absolute Gasteiger partial charge is 0.237 e. The van der Waals surface area contributed by atoms with E-state index in [1.54, 1.807) is 12.1 Å². The molecule has 0 spiro atoms. The van der Waals surface area contributed by atoms with Crippen LogP contribution in [0, 0.1) is 0 Å². The van der Waals surface area contributed by atoms with Crippen molar-refractivity contribution in [2.45, 2.75) is 50.4 Å². The van der Waals surface area contributed by atoms with E-state index >= 15 is 0 Å². The summed E-state index contributed by atoms with van der Waals surface area (Å²) in [6, 6.07) is 4.69. The molecule has 33 heavy (non-hydrogen) atoms. The van der Waals surface area contributed by atoms with Gasteiger partial charge in [-0.15, -0.1) is 0 Å². The molecule has 2 saturated heterocycles. The number of β-amino-alcohol motifs (C(OH)–C–C–N with tert-alkyl or cyclic N) is 1. The molecular weight excluding hydrogens is 487 g/mol. The van der Waals surface area contributed by atoms with Gasteiger partial charge in [0.25, 0.3) is 0 Å². The quantitative estimate of drug-likeness (QED) is 0.469. The van der Waals surface area contributed by atoms with Crippen molar-refractivity contribution >= 4 is 52.5 Å². The monoisotopic (exact) mass is 512 g/mol. The fourth-order valence-electron chi connectivity index (χ4n) is 4.22. The number of benzene rings is 1. The number of anilines is 2. The van der Waals surface area contributed by atoms with E-state index in [0.29, 0.717) is 46.3 Å². The minimum atomic E-state index is -0.730. The van der Waals surface area contributed by atoms with Crippen LogP contribution in [-0.2, 0) is 4.79 Å². The molecular formula is C22H27Cl3N6O2. The zero-order valence-corrected chi connectivity index (χ0v) is 20.5. The van der Waals surface area contributed by atoms with E-state index < -0.39 is 6.10 Å². The predicted octanol–water partition coefficient (Wildman–Crippen LogP) is 3.42. The van der Waals surface area contributed by atoms with E-state index in [1.807, 2.05) is 17.9 Å². The molecule has 1 amide bonds. The van der Waals surface area contributed by atoms with Gasteiger partial charge in [0.05, 0.1) is 30.4 Å². The average Bonchev–Trinajstić information content (AvgIpc) is 3.32. The average molecular weight is 514 g/mol. The van der Waals surface area contributed by atoms with Crippen molar-refractivity contribution in [2.75, 3.05) is 29.9 Å². The summed E-state index contributed by atoms with van der Waals surface area (Å²) in [7, 11) is 0. The van der Waals surface area contributed by atoms with Crippen LogP contribution in [0.3, 0.4) is 0 Å². The van der Waals surface area contributed by atoms with Crippen LogP contribution in [0.25, 0.3) is 0 Å². The molecule has 4 rings (SSSR count). The van der Waals surface area contributed by atoms with E-state index in [-0.39, 0.29) is 24.0 Å². The molecule has 2 aliphatic rings. The van der Waals surface area contributed by atoms with Crippen LogP contribution >= 0.6 is 34.8 Å². The molecule has 8 nitrogen and oxygen atoms in total. The summed E-state index contributed by atoms with van der Waals surface area (Å²) in [6.45, 7) is 3.71. The molecule has 1 aromatic carbocycles. The van der Waals surface area contributed by atoms with E-state index in [2.05, 4.69) is 25.9 Å². The minimum absolute atomic E-state index is 0.0472. The molecule has 0 radical (unpaired) electrons. The summed E-state index contributed by atoms with van der Waals surface area (Å²) in [5.74, 6) is 0.879. The lowest BCUT2D eigenvalue weighted by Gasteiger charge is -2.36. The Morgan fingerprint density at radius 1 is 1.27 bits per heavy atom. The van der Waals surface area contributed by atoms with Crippen molar-refractivity contribution in [3.8, 4) is 0 Å². The van der Waals surface area contributed by atoms with Crippen LogP contribution in [0.4, 0.5) is 11.8 Å². The van der Waals surface area contributed by atoms with Gasteiger partial charge in [-0.3, -0.25) is 4.79 Å². The van der Waals surface area contributed by atoms with Crippen molar-refractivity contribution in [3.63, 3.8) is 0 Å². The predicted molar refractivity (Wildman–Crippen MR) is 131 cm³/mol. The lowest BCUT2D eigenvalue weighted by molar-refractivity contribution is -0.124. The molecule has 0 saturated carbocycles. The zero-order valence-electron chi connectivity index (χ0n) is 18.2. The Balaban J connectivity index is 1.40. The number of hydrogen-bond acceptors (Lipinski definition) is 7. The Kier molecular flexibility index (Phi) is 7.81. The summed E-state index contributed by atoms with van der Waals surface area (Å²) in [5.41, 5.74) is 0.862. The summed E-state index contributed by atoms with van der Waals surface area (Å²) in [4.78, 5) is 23.2. The maximum absolute atomic E-state index is 12.4. The molecule has 2 aliphatic heterocycles. The number of carbonyl (C=O) groups excluding carboxylic acids is 1. The van der Waals surface area contributed by atoms with E-state index in [1.165, 1.54) is 6.20 Å². The number of piperidine rings is 1. The molecule has 0 aliphatic carbocycles. The highest BCUT2D eigenvalue weighted by Gasteiger charge is 2.32. The highest BCUT2D eigenvalue weighted by molar-refractivity contribution is 6.35. The van der Waals surface area contributed by atoms with Gasteiger partial charge in [-0.1, -0.05) is 40.9 Å². The van der Waals surface area contributed by atoms with Gasteiger partial charge in [0, 0.05) is 23.1 Å². The van der Waals surface area contributed by atoms with Gasteiger partial charge in [-0.2, -0.15) is 4.98 Å². The van der Waals surface area contributed by atoms with Gasteiger partial charge in [0.1, 0.15) is 5.02 Å². The van der Waals surface area contributed by atoms with Gasteiger partial charge in [0.2, 0.25) is 11.9 Å². The second kappa shape index (κ2) is 10.6. The van der Waals surface area contributed by atoms with Gasteiger partial charge in [-0.05, 0) is 50.4 Å². The number of rotatable bonds is 6. The third-order valence-electron chi connectivity index (χ3n) is 6.08. The molecule has 4 N–H and O–H groups in total. The molecule has 11 heteroatoms. The fraction of sp³-hybridized carbons (Fsp3) is 0.500. The molecule has 2 aromatic rings. The fourth-order valence-corrected chi connectivity index (χ4v) is 4.94. The Hall–Kier alpha value is -1.84. The largest absolute Gasteiger partial charge is 0.389 e. The van der Waals surface area contributed by atoms with Crippen LogP contribution in [0.1, 0.15) is 37.8 Å². The summed E-state index contributed by atoms with van der Waals surface area (Å²) < 4.78 is 0. The topological polar surface area (TPSA) is 102 Å². The van der Waals surface area contributed by atoms with Crippen molar-refractivity contribution in [2.24, 2.45) is 0 Å². The third kappa shape index (κ3) is 5.81. The molecule has 0 bridgehead atoms.